The van der Waals surface area contributed by atoms with Crippen LogP contribution >= 0.6 is 46.0 Å². The maximum atomic E-state index is 12.5. The van der Waals surface area contributed by atoms with Crippen molar-refractivity contribution in [1.82, 2.24) is 19.6 Å². The molecule has 25 heavy (non-hydrogen) atoms. The van der Waals surface area contributed by atoms with Gasteiger partial charge in [0.05, 0.1) is 26.1 Å². The number of amides is 1. The van der Waals surface area contributed by atoms with Crippen LogP contribution in [0.3, 0.4) is 0 Å². The normalized spacial score (nSPS) is 11.4. The Morgan fingerprint density at radius 2 is 1.96 bits per heavy atom. The van der Waals surface area contributed by atoms with Crippen LogP contribution < -0.4 is 5.32 Å². The minimum Gasteiger partial charge on any atom is -0.297 e. The van der Waals surface area contributed by atoms with Gasteiger partial charge in [0.1, 0.15) is 4.88 Å². The van der Waals surface area contributed by atoms with Crippen molar-refractivity contribution in [3.8, 4) is 0 Å². The maximum absolute atomic E-state index is 12.5. The summed E-state index contributed by atoms with van der Waals surface area (Å²) in [7, 11) is 0. The Bertz CT molecular complexity index is 1070. The molecule has 3 heterocycles. The number of aryl methyl sites for hydroxylation is 1. The number of anilines is 1. The molecule has 1 aromatic carbocycles. The molecule has 128 valence electrons. The van der Waals surface area contributed by atoms with Crippen LogP contribution in [-0.4, -0.2) is 31.7 Å². The summed E-state index contributed by atoms with van der Waals surface area (Å²) in [5.74, 6) is -0.192. The molecule has 0 aliphatic rings. The maximum Gasteiger partial charge on any atom is 0.271 e. The molecule has 3 aromatic heterocycles. The van der Waals surface area contributed by atoms with Crippen molar-refractivity contribution in [2.24, 2.45) is 0 Å². The predicted molar refractivity (Wildman–Crippen MR) is 106 cm³/mol. The van der Waals surface area contributed by atoms with Crippen molar-refractivity contribution in [3.63, 3.8) is 0 Å². The third kappa shape index (κ3) is 3.14. The molecular formula is C15H13N5OS4. The zero-order valence-corrected chi connectivity index (χ0v) is 16.7. The topological polar surface area (TPSA) is 80.7 Å². The van der Waals surface area contributed by atoms with Crippen molar-refractivity contribution >= 4 is 77.4 Å². The van der Waals surface area contributed by atoms with Crippen molar-refractivity contribution in [2.45, 2.75) is 24.1 Å². The van der Waals surface area contributed by atoms with Gasteiger partial charge in [-0.1, -0.05) is 40.9 Å². The largest absolute Gasteiger partial charge is 0.297 e. The Morgan fingerprint density at radius 3 is 2.72 bits per heavy atom. The SMILES string of the molecule is CCCc1nnsc1C(=O)Nc1nc2ccc3nc(SC)sc3c2s1. The van der Waals surface area contributed by atoms with E-state index in [1.807, 2.05) is 18.4 Å². The Hall–Kier alpha value is -1.62. The van der Waals surface area contributed by atoms with Gasteiger partial charge in [-0.25, -0.2) is 9.97 Å². The summed E-state index contributed by atoms with van der Waals surface area (Å²) in [6.07, 6.45) is 3.69. The smallest absolute Gasteiger partial charge is 0.271 e. The van der Waals surface area contributed by atoms with Crippen molar-refractivity contribution in [1.29, 1.82) is 0 Å². The number of carbonyl (C=O) groups excluding carboxylic acids is 1. The summed E-state index contributed by atoms with van der Waals surface area (Å²) in [6.45, 7) is 2.05. The minimum atomic E-state index is -0.192. The average Bonchev–Trinajstić information content (AvgIpc) is 3.31. The van der Waals surface area contributed by atoms with Crippen LogP contribution in [0.25, 0.3) is 20.4 Å². The second-order valence-corrected chi connectivity index (χ2v) is 9.02. The lowest BCUT2D eigenvalue weighted by Crippen LogP contribution is -2.12. The number of nitrogens with one attached hydrogen (secondary N) is 1. The van der Waals surface area contributed by atoms with Gasteiger partial charge in [0.2, 0.25) is 0 Å². The molecule has 4 rings (SSSR count). The molecule has 0 aliphatic heterocycles. The Labute approximate surface area is 159 Å². The standard InChI is InChI=1S/C15H13N5OS4/c1-3-4-9-12(25-20-19-9)13(21)18-14-16-7-5-6-8-11(10(7)23-14)24-15(17-8)22-2/h5-6H,3-4H2,1-2H3,(H,16,18,21). The van der Waals surface area contributed by atoms with E-state index in [0.717, 1.165) is 54.8 Å². The summed E-state index contributed by atoms with van der Waals surface area (Å²) in [5, 5.41) is 7.53. The number of thioether (sulfide) groups is 1. The highest BCUT2D eigenvalue weighted by Crippen LogP contribution is 2.38. The highest BCUT2D eigenvalue weighted by atomic mass is 32.2. The Balaban J connectivity index is 1.67. The number of thiazole rings is 2. The molecule has 0 atom stereocenters. The fourth-order valence-electron chi connectivity index (χ4n) is 2.43. The second-order valence-electron chi connectivity index (χ2n) is 5.22. The summed E-state index contributed by atoms with van der Waals surface area (Å²) in [4.78, 5) is 22.2. The first kappa shape index (κ1) is 16.8. The monoisotopic (exact) mass is 407 g/mol. The van der Waals surface area contributed by atoms with Crippen LogP contribution in [0.2, 0.25) is 0 Å². The Morgan fingerprint density at radius 1 is 1.20 bits per heavy atom. The van der Waals surface area contributed by atoms with Gasteiger partial charge in [0, 0.05) is 0 Å². The number of fused-ring (bicyclic) bond motifs is 3. The molecule has 0 spiro atoms. The molecule has 4 aromatic rings. The van der Waals surface area contributed by atoms with Gasteiger partial charge >= 0.3 is 0 Å². The summed E-state index contributed by atoms with van der Waals surface area (Å²) in [5.41, 5.74) is 2.60. The van der Waals surface area contributed by atoms with E-state index in [1.54, 1.807) is 23.1 Å². The molecule has 1 N–H and O–H groups in total. The first-order valence-electron chi connectivity index (χ1n) is 7.56. The van der Waals surface area contributed by atoms with Crippen LogP contribution in [0.5, 0.6) is 0 Å². The average molecular weight is 408 g/mol. The number of rotatable bonds is 5. The quantitative estimate of drug-likeness (QED) is 0.484. The van der Waals surface area contributed by atoms with Gasteiger partial charge in [-0.2, -0.15) is 0 Å². The fourth-order valence-corrected chi connectivity index (χ4v) is 5.69. The zero-order valence-electron chi connectivity index (χ0n) is 13.4. The van der Waals surface area contributed by atoms with Crippen LogP contribution in [-0.2, 0) is 6.42 Å². The van der Waals surface area contributed by atoms with Gasteiger partial charge < -0.3 is 0 Å². The minimum absolute atomic E-state index is 0.192. The van der Waals surface area contributed by atoms with Gasteiger partial charge in [-0.05, 0) is 36.3 Å². The lowest BCUT2D eigenvalue weighted by atomic mass is 10.2. The highest BCUT2D eigenvalue weighted by molar-refractivity contribution is 8.00. The molecule has 6 nitrogen and oxygen atoms in total. The zero-order chi connectivity index (χ0) is 17.4. The molecule has 0 fully saturated rings. The van der Waals surface area contributed by atoms with Gasteiger partial charge in [-0.3, -0.25) is 10.1 Å². The van der Waals surface area contributed by atoms with E-state index in [9.17, 15) is 4.79 Å². The lowest BCUT2D eigenvalue weighted by molar-refractivity contribution is 0.102. The van der Waals surface area contributed by atoms with Gasteiger partial charge in [0.15, 0.2) is 9.47 Å². The van der Waals surface area contributed by atoms with Gasteiger partial charge in [0.25, 0.3) is 5.91 Å². The Kier molecular flexibility index (Phi) is 4.67. The van der Waals surface area contributed by atoms with Crippen molar-refractivity contribution in [2.75, 3.05) is 11.6 Å². The summed E-state index contributed by atoms with van der Waals surface area (Å²) >= 11 is 5.89. The van der Waals surface area contributed by atoms with E-state index in [-0.39, 0.29) is 5.91 Å². The third-order valence-electron chi connectivity index (χ3n) is 3.54. The van der Waals surface area contributed by atoms with Crippen LogP contribution in [0.4, 0.5) is 5.13 Å². The molecule has 1 amide bonds. The van der Waals surface area contributed by atoms with Crippen LogP contribution in [0.1, 0.15) is 28.7 Å². The predicted octanol–water partition coefficient (Wildman–Crippen LogP) is 4.68. The molecule has 0 aliphatic carbocycles. The molecular weight excluding hydrogens is 394 g/mol. The number of carbonyl (C=O) groups is 1. The van der Waals surface area contributed by atoms with Crippen LogP contribution in [0.15, 0.2) is 16.5 Å². The van der Waals surface area contributed by atoms with Gasteiger partial charge in [-0.15, -0.1) is 16.4 Å². The van der Waals surface area contributed by atoms with Crippen molar-refractivity contribution < 1.29 is 4.79 Å². The second kappa shape index (κ2) is 6.94. The number of hydrogen-bond acceptors (Lipinski definition) is 9. The van der Waals surface area contributed by atoms with E-state index >= 15 is 0 Å². The number of hydrogen-bond donors (Lipinski definition) is 1. The van der Waals surface area contributed by atoms with Crippen molar-refractivity contribution in [3.05, 3.63) is 22.7 Å². The molecule has 0 bridgehead atoms. The third-order valence-corrected chi connectivity index (χ3v) is 7.51. The number of nitrogens with zero attached hydrogens (tertiary/aromatic N) is 4. The summed E-state index contributed by atoms with van der Waals surface area (Å²) in [6, 6.07) is 3.93. The highest BCUT2D eigenvalue weighted by Gasteiger charge is 2.18. The lowest BCUT2D eigenvalue weighted by Gasteiger charge is -1.99. The van der Waals surface area contributed by atoms with E-state index in [4.69, 9.17) is 0 Å². The molecule has 10 heteroatoms. The van der Waals surface area contributed by atoms with E-state index < -0.39 is 0 Å². The molecule has 0 radical (unpaired) electrons. The molecule has 0 saturated heterocycles. The molecule has 0 unspecified atom stereocenters. The fraction of sp³-hybridized carbons (Fsp3) is 0.267. The van der Waals surface area contributed by atoms with E-state index in [1.165, 1.54) is 11.3 Å². The summed E-state index contributed by atoms with van der Waals surface area (Å²) < 4.78 is 7.11. The first-order chi connectivity index (χ1) is 12.2. The molecule has 0 saturated carbocycles. The van der Waals surface area contributed by atoms with E-state index in [0.29, 0.717) is 10.0 Å². The number of aromatic nitrogens is 4. The van der Waals surface area contributed by atoms with Crippen LogP contribution in [0, 0.1) is 0 Å². The number of benzene rings is 1. The first-order valence-corrected chi connectivity index (χ1v) is 11.2. The van der Waals surface area contributed by atoms with E-state index in [2.05, 4.69) is 31.8 Å².